The van der Waals surface area contributed by atoms with Crippen LogP contribution in [-0.2, 0) is 9.47 Å². The minimum Gasteiger partial charge on any atom is -0.459 e. The van der Waals surface area contributed by atoms with Crippen LogP contribution >= 0.6 is 0 Å². The molecule has 146 valence electrons. The highest BCUT2D eigenvalue weighted by Gasteiger charge is 2.46. The summed E-state index contributed by atoms with van der Waals surface area (Å²) in [7, 11) is 0. The second-order valence-electron chi connectivity index (χ2n) is 8.22. The average molecular weight is 374 g/mol. The van der Waals surface area contributed by atoms with E-state index in [0.717, 1.165) is 12.8 Å². The molecule has 2 aliphatic rings. The van der Waals surface area contributed by atoms with E-state index in [1.807, 2.05) is 25.7 Å². The third-order valence-corrected chi connectivity index (χ3v) is 4.95. The van der Waals surface area contributed by atoms with Gasteiger partial charge in [0, 0.05) is 30.5 Å². The van der Waals surface area contributed by atoms with Gasteiger partial charge >= 0.3 is 12.1 Å². The molecule has 2 bridgehead atoms. The van der Waals surface area contributed by atoms with Crippen molar-refractivity contribution in [2.75, 3.05) is 0 Å². The summed E-state index contributed by atoms with van der Waals surface area (Å²) in [5, 5.41) is 0. The number of carbonyl (C=O) groups excluding carboxylic acids is 3. The second kappa shape index (κ2) is 7.21. The summed E-state index contributed by atoms with van der Waals surface area (Å²) in [6, 6.07) is 6.24. The Morgan fingerprint density at radius 1 is 1.07 bits per heavy atom. The van der Waals surface area contributed by atoms with Gasteiger partial charge in [-0.1, -0.05) is 6.07 Å². The molecule has 0 saturated carbocycles. The molecule has 3 rings (SSSR count). The van der Waals surface area contributed by atoms with Crippen LogP contribution in [0.15, 0.2) is 24.3 Å². The van der Waals surface area contributed by atoms with Crippen LogP contribution in [0, 0.1) is 0 Å². The monoisotopic (exact) mass is 374 g/mol. The van der Waals surface area contributed by atoms with Crippen molar-refractivity contribution in [2.45, 2.75) is 70.2 Å². The third kappa shape index (κ3) is 4.40. The molecule has 2 saturated heterocycles. The average Bonchev–Trinajstić information content (AvgIpc) is 2.85. The fraction of sp³-hybridized carbons (Fsp3) is 0.550. The summed E-state index contributed by atoms with van der Waals surface area (Å²) in [5.74, 6) is -1.07. The van der Waals surface area contributed by atoms with Crippen LogP contribution in [0.2, 0.25) is 0 Å². The number of benzene rings is 1. The van der Waals surface area contributed by atoms with E-state index in [1.54, 1.807) is 18.2 Å². The molecule has 0 radical (unpaired) electrons. The normalized spacial score (nSPS) is 24.4. The summed E-state index contributed by atoms with van der Waals surface area (Å²) in [6.45, 7) is 5.55. The Morgan fingerprint density at radius 3 is 2.22 bits per heavy atom. The zero-order valence-corrected chi connectivity index (χ0v) is 15.9. The molecule has 1 aromatic rings. The van der Waals surface area contributed by atoms with Gasteiger partial charge in [0.05, 0.1) is 5.56 Å². The molecule has 7 nitrogen and oxygen atoms in total. The van der Waals surface area contributed by atoms with Crippen molar-refractivity contribution in [3.8, 4) is 0 Å². The zero-order valence-electron chi connectivity index (χ0n) is 15.9. The van der Waals surface area contributed by atoms with E-state index < -0.39 is 17.5 Å². The number of rotatable bonds is 3. The van der Waals surface area contributed by atoms with Gasteiger partial charge in [0.25, 0.3) is 0 Å². The minimum atomic E-state index is -0.589. The minimum absolute atomic E-state index is 0.0216. The van der Waals surface area contributed by atoms with Gasteiger partial charge in [-0.3, -0.25) is 4.79 Å². The lowest BCUT2D eigenvalue weighted by Crippen LogP contribution is -2.50. The van der Waals surface area contributed by atoms with Gasteiger partial charge in [-0.05, 0) is 51.8 Å². The molecule has 2 N–H and O–H groups in total. The van der Waals surface area contributed by atoms with Gasteiger partial charge < -0.3 is 20.1 Å². The standard InChI is InChI=1S/C20H26N2O5/c1-20(2,3)27-19(25)22-14-7-8-15(22)11-16(10-14)26-18(24)13-6-4-5-12(9-13)17(21)23/h4-6,9,14-16H,7-8,10-11H2,1-3H3,(H2,21,23)/t14-,15+,16?. The molecular formula is C20H26N2O5. The van der Waals surface area contributed by atoms with Crippen LogP contribution in [0.3, 0.4) is 0 Å². The highest BCUT2D eigenvalue weighted by atomic mass is 16.6. The summed E-state index contributed by atoms with van der Waals surface area (Å²) in [6.07, 6.45) is 2.40. The van der Waals surface area contributed by atoms with E-state index >= 15 is 0 Å². The molecule has 0 aromatic heterocycles. The van der Waals surface area contributed by atoms with Crippen LogP contribution < -0.4 is 5.73 Å². The predicted octanol–water partition coefficient (Wildman–Crippen LogP) is 2.87. The summed E-state index contributed by atoms with van der Waals surface area (Å²) in [5.41, 5.74) is 5.29. The summed E-state index contributed by atoms with van der Waals surface area (Å²) >= 11 is 0. The molecule has 2 fully saturated rings. The molecule has 27 heavy (non-hydrogen) atoms. The molecule has 1 unspecified atom stereocenters. The zero-order chi connectivity index (χ0) is 19.8. The number of nitrogens with zero attached hydrogens (tertiary/aromatic N) is 1. The Bertz CT molecular complexity index is 741. The smallest absolute Gasteiger partial charge is 0.410 e. The third-order valence-electron chi connectivity index (χ3n) is 4.95. The van der Waals surface area contributed by atoms with E-state index in [-0.39, 0.29) is 29.8 Å². The van der Waals surface area contributed by atoms with Gasteiger partial charge in [-0.2, -0.15) is 0 Å². The fourth-order valence-electron chi connectivity index (χ4n) is 3.85. The first kappa shape index (κ1) is 19.2. The number of ether oxygens (including phenoxy) is 2. The molecular weight excluding hydrogens is 348 g/mol. The number of esters is 1. The topological polar surface area (TPSA) is 98.9 Å². The SMILES string of the molecule is CC(C)(C)OC(=O)N1[C@@H]2CC[C@H]1CC(OC(=O)c1cccc(C(N)=O)c1)C2. The molecule has 1 aromatic carbocycles. The largest absolute Gasteiger partial charge is 0.459 e. The molecule has 3 atom stereocenters. The predicted molar refractivity (Wildman–Crippen MR) is 98.3 cm³/mol. The number of hydrogen-bond acceptors (Lipinski definition) is 5. The Balaban J connectivity index is 1.63. The van der Waals surface area contributed by atoms with Crippen molar-refractivity contribution in [1.29, 1.82) is 0 Å². The molecule has 2 heterocycles. The number of primary amides is 1. The van der Waals surface area contributed by atoms with Crippen LogP contribution in [0.4, 0.5) is 4.79 Å². The lowest BCUT2D eigenvalue weighted by Gasteiger charge is -2.39. The van der Waals surface area contributed by atoms with E-state index in [1.165, 1.54) is 6.07 Å². The van der Waals surface area contributed by atoms with Gasteiger partial charge in [-0.25, -0.2) is 9.59 Å². The Labute approximate surface area is 158 Å². The van der Waals surface area contributed by atoms with Crippen molar-refractivity contribution in [3.63, 3.8) is 0 Å². The first-order valence-corrected chi connectivity index (χ1v) is 9.26. The number of hydrogen-bond donors (Lipinski definition) is 1. The van der Waals surface area contributed by atoms with Crippen LogP contribution in [0.1, 0.15) is 67.2 Å². The van der Waals surface area contributed by atoms with Crippen LogP contribution in [0.25, 0.3) is 0 Å². The maximum atomic E-state index is 12.5. The maximum absolute atomic E-state index is 12.5. The van der Waals surface area contributed by atoms with Crippen LogP contribution in [0.5, 0.6) is 0 Å². The highest BCUT2D eigenvalue weighted by Crippen LogP contribution is 2.38. The summed E-state index contributed by atoms with van der Waals surface area (Å²) in [4.78, 5) is 38.0. The Kier molecular flexibility index (Phi) is 5.13. The van der Waals surface area contributed by atoms with Gasteiger partial charge in [0.1, 0.15) is 11.7 Å². The molecule has 0 spiro atoms. The number of piperidine rings is 1. The van der Waals surface area contributed by atoms with Crippen LogP contribution in [-0.4, -0.2) is 46.7 Å². The Hall–Kier alpha value is -2.57. The van der Waals surface area contributed by atoms with Crippen molar-refractivity contribution in [3.05, 3.63) is 35.4 Å². The second-order valence-corrected chi connectivity index (χ2v) is 8.22. The summed E-state index contributed by atoms with van der Waals surface area (Å²) < 4.78 is 11.2. The van der Waals surface area contributed by atoms with E-state index in [4.69, 9.17) is 15.2 Å². The fourth-order valence-corrected chi connectivity index (χ4v) is 3.85. The lowest BCUT2D eigenvalue weighted by atomic mass is 10.00. The maximum Gasteiger partial charge on any atom is 0.410 e. The molecule has 2 amide bonds. The quantitative estimate of drug-likeness (QED) is 0.820. The molecule has 0 aliphatic carbocycles. The van der Waals surface area contributed by atoms with Crippen molar-refractivity contribution < 1.29 is 23.9 Å². The van der Waals surface area contributed by atoms with Gasteiger partial charge in [0.15, 0.2) is 0 Å². The number of fused-ring (bicyclic) bond motifs is 2. The van der Waals surface area contributed by atoms with Crippen molar-refractivity contribution in [2.24, 2.45) is 5.73 Å². The highest BCUT2D eigenvalue weighted by molar-refractivity contribution is 5.97. The van der Waals surface area contributed by atoms with Crippen molar-refractivity contribution >= 4 is 18.0 Å². The lowest BCUT2D eigenvalue weighted by molar-refractivity contribution is -0.0226. The van der Waals surface area contributed by atoms with Crippen molar-refractivity contribution in [1.82, 2.24) is 4.90 Å². The van der Waals surface area contributed by atoms with Gasteiger partial charge in [0.2, 0.25) is 5.91 Å². The Morgan fingerprint density at radius 2 is 1.67 bits per heavy atom. The number of nitrogens with two attached hydrogens (primary N) is 1. The van der Waals surface area contributed by atoms with E-state index in [9.17, 15) is 14.4 Å². The first-order chi connectivity index (χ1) is 12.6. The molecule has 7 heteroatoms. The van der Waals surface area contributed by atoms with E-state index in [2.05, 4.69) is 0 Å². The first-order valence-electron chi connectivity index (χ1n) is 9.26. The van der Waals surface area contributed by atoms with E-state index in [0.29, 0.717) is 18.4 Å². The number of carbonyl (C=O) groups is 3. The molecule has 2 aliphatic heterocycles. The van der Waals surface area contributed by atoms with Gasteiger partial charge in [-0.15, -0.1) is 0 Å². The number of amides is 2.